The Bertz CT molecular complexity index is 839. The number of amides is 1. The summed E-state index contributed by atoms with van der Waals surface area (Å²) in [6.45, 7) is 3.00. The number of ether oxygens (including phenoxy) is 1. The van der Waals surface area contributed by atoms with Crippen molar-refractivity contribution in [3.63, 3.8) is 0 Å². The molecule has 2 aliphatic heterocycles. The van der Waals surface area contributed by atoms with Crippen molar-refractivity contribution in [2.24, 2.45) is 5.92 Å². The summed E-state index contributed by atoms with van der Waals surface area (Å²) in [5.74, 6) is 1.43. The van der Waals surface area contributed by atoms with Crippen molar-refractivity contribution in [2.45, 2.75) is 12.5 Å². The number of rotatable bonds is 4. The van der Waals surface area contributed by atoms with Crippen LogP contribution >= 0.6 is 0 Å². The summed E-state index contributed by atoms with van der Waals surface area (Å²) in [7, 11) is 0. The molecule has 0 bridgehead atoms. The number of nitrogens with one attached hydrogen (secondary N) is 2. The van der Waals surface area contributed by atoms with Gasteiger partial charge in [0.15, 0.2) is 0 Å². The molecule has 0 saturated carbocycles. The minimum absolute atomic E-state index is 0.0292. The third-order valence-electron chi connectivity index (χ3n) is 5.04. The molecule has 2 N–H and O–H groups in total. The lowest BCUT2D eigenvalue weighted by Crippen LogP contribution is -2.19. The van der Waals surface area contributed by atoms with E-state index in [0.717, 1.165) is 24.4 Å². The number of hydrogen-bond acceptors (Lipinski definition) is 4. The maximum absolute atomic E-state index is 11.8. The number of hydrogen-bond donors (Lipinski definition) is 2. The summed E-state index contributed by atoms with van der Waals surface area (Å²) in [5, 5.41) is 15.2. The van der Waals surface area contributed by atoms with Crippen LogP contribution < -0.4 is 15.4 Å². The molecule has 2 aromatic rings. The highest BCUT2D eigenvalue weighted by molar-refractivity contribution is 5.98. The minimum Gasteiger partial charge on any atom is -0.493 e. The zero-order chi connectivity index (χ0) is 17.2. The van der Waals surface area contributed by atoms with Gasteiger partial charge in [-0.05, 0) is 35.4 Å². The first-order chi connectivity index (χ1) is 12.2. The van der Waals surface area contributed by atoms with Crippen molar-refractivity contribution in [1.29, 1.82) is 5.26 Å². The fraction of sp³-hybridized carbons (Fsp3) is 0.300. The molecule has 4 rings (SSSR count). The van der Waals surface area contributed by atoms with E-state index in [1.54, 1.807) is 0 Å². The van der Waals surface area contributed by atoms with Crippen molar-refractivity contribution < 1.29 is 9.53 Å². The predicted molar refractivity (Wildman–Crippen MR) is 93.4 cm³/mol. The molecule has 2 atom stereocenters. The van der Waals surface area contributed by atoms with Crippen LogP contribution in [0.25, 0.3) is 0 Å². The third kappa shape index (κ3) is 3.09. The summed E-state index contributed by atoms with van der Waals surface area (Å²) in [5.41, 5.74) is 3.64. The van der Waals surface area contributed by atoms with Crippen LogP contribution in [0.4, 0.5) is 0 Å². The van der Waals surface area contributed by atoms with Gasteiger partial charge in [-0.1, -0.05) is 18.2 Å². The van der Waals surface area contributed by atoms with Crippen LogP contribution in [0.2, 0.25) is 0 Å². The van der Waals surface area contributed by atoms with E-state index in [2.05, 4.69) is 16.7 Å². The molecule has 0 aromatic heterocycles. The number of carbonyl (C=O) groups excluding carboxylic acids is 1. The second-order valence-electron chi connectivity index (χ2n) is 6.57. The van der Waals surface area contributed by atoms with Crippen LogP contribution in [0, 0.1) is 17.2 Å². The lowest BCUT2D eigenvalue weighted by molar-refractivity contribution is 0.0965. The van der Waals surface area contributed by atoms with Crippen LogP contribution in [0.3, 0.4) is 0 Å². The maximum atomic E-state index is 11.8. The van der Waals surface area contributed by atoms with E-state index in [9.17, 15) is 4.79 Å². The summed E-state index contributed by atoms with van der Waals surface area (Å²) in [6.07, 6.45) is 0. The van der Waals surface area contributed by atoms with Crippen molar-refractivity contribution in [1.82, 2.24) is 10.6 Å². The van der Waals surface area contributed by atoms with E-state index in [4.69, 9.17) is 10.00 Å². The molecule has 2 aliphatic rings. The number of carbonyl (C=O) groups is 1. The van der Waals surface area contributed by atoms with Crippen LogP contribution in [-0.4, -0.2) is 25.6 Å². The monoisotopic (exact) mass is 333 g/mol. The molecule has 25 heavy (non-hydrogen) atoms. The zero-order valence-electron chi connectivity index (χ0n) is 13.8. The summed E-state index contributed by atoms with van der Waals surface area (Å²) >= 11 is 0. The molecular formula is C20H19N3O2. The summed E-state index contributed by atoms with van der Waals surface area (Å²) in [6, 6.07) is 15.7. The smallest absolute Gasteiger partial charge is 0.252 e. The molecule has 2 aromatic carbocycles. The summed E-state index contributed by atoms with van der Waals surface area (Å²) < 4.78 is 5.99. The molecule has 2 heterocycles. The fourth-order valence-electron chi connectivity index (χ4n) is 3.59. The van der Waals surface area contributed by atoms with Gasteiger partial charge in [0.05, 0.1) is 18.2 Å². The van der Waals surface area contributed by atoms with E-state index >= 15 is 0 Å². The molecular weight excluding hydrogens is 314 g/mol. The van der Waals surface area contributed by atoms with Crippen molar-refractivity contribution in [3.8, 4) is 11.8 Å². The highest BCUT2D eigenvalue weighted by atomic mass is 16.5. The molecule has 5 nitrogen and oxygen atoms in total. The van der Waals surface area contributed by atoms with Gasteiger partial charge in [0.1, 0.15) is 5.75 Å². The van der Waals surface area contributed by atoms with Gasteiger partial charge < -0.3 is 15.4 Å². The fourth-order valence-corrected chi connectivity index (χ4v) is 3.59. The van der Waals surface area contributed by atoms with Crippen LogP contribution in [0.5, 0.6) is 5.75 Å². The Kier molecular flexibility index (Phi) is 4.12. The third-order valence-corrected chi connectivity index (χ3v) is 5.04. The van der Waals surface area contributed by atoms with Gasteiger partial charge >= 0.3 is 0 Å². The predicted octanol–water partition coefficient (Wildman–Crippen LogP) is 2.18. The molecule has 0 radical (unpaired) electrons. The van der Waals surface area contributed by atoms with Crippen molar-refractivity contribution in [2.75, 3.05) is 19.7 Å². The number of nitrogens with zero attached hydrogens (tertiary/aromatic N) is 1. The normalized spacial score (nSPS) is 21.5. The largest absolute Gasteiger partial charge is 0.493 e. The topological polar surface area (TPSA) is 74.1 Å². The van der Waals surface area contributed by atoms with Gasteiger partial charge in [-0.25, -0.2) is 0 Å². The van der Waals surface area contributed by atoms with E-state index in [1.807, 2.05) is 42.5 Å². The van der Waals surface area contributed by atoms with Crippen molar-refractivity contribution >= 4 is 5.91 Å². The Hall–Kier alpha value is -2.84. The lowest BCUT2D eigenvalue weighted by atomic mass is 9.89. The minimum atomic E-state index is -0.0292. The molecule has 1 fully saturated rings. The average molecular weight is 333 g/mol. The molecule has 1 saturated heterocycles. The second-order valence-corrected chi connectivity index (χ2v) is 6.57. The standard InChI is InChI=1S/C20H19N3O2/c21-8-13-1-3-14(4-2-13)19-11-22-9-16(19)12-25-17-6-5-15-10-23-20(24)18(15)7-17/h1-7,16,19,22H,9-12H2,(H,23,24)/t16-,19-/m0/s1. The van der Waals surface area contributed by atoms with Crippen LogP contribution in [0.1, 0.15) is 33.0 Å². The second kappa shape index (κ2) is 6.58. The highest BCUT2D eigenvalue weighted by Crippen LogP contribution is 2.29. The Morgan fingerprint density at radius 3 is 2.80 bits per heavy atom. The van der Waals surface area contributed by atoms with Gasteiger partial charge in [0, 0.05) is 37.0 Å². The molecule has 0 unspecified atom stereocenters. The van der Waals surface area contributed by atoms with E-state index in [1.165, 1.54) is 5.56 Å². The maximum Gasteiger partial charge on any atom is 0.252 e. The summed E-state index contributed by atoms with van der Waals surface area (Å²) in [4.78, 5) is 11.8. The van der Waals surface area contributed by atoms with Crippen LogP contribution in [0.15, 0.2) is 42.5 Å². The quantitative estimate of drug-likeness (QED) is 0.899. The Labute approximate surface area is 146 Å². The molecule has 0 spiro atoms. The Morgan fingerprint density at radius 2 is 2.00 bits per heavy atom. The number of nitriles is 1. The van der Waals surface area contributed by atoms with E-state index in [-0.39, 0.29) is 5.91 Å². The first kappa shape index (κ1) is 15.7. The highest BCUT2D eigenvalue weighted by Gasteiger charge is 2.29. The van der Waals surface area contributed by atoms with Gasteiger partial charge in [-0.2, -0.15) is 5.26 Å². The first-order valence-electron chi connectivity index (χ1n) is 8.49. The SMILES string of the molecule is N#Cc1ccc([C@@H]2CNC[C@H]2COc2ccc3c(c2)C(=O)NC3)cc1. The van der Waals surface area contributed by atoms with Crippen LogP contribution in [-0.2, 0) is 6.54 Å². The van der Waals surface area contributed by atoms with E-state index in [0.29, 0.717) is 36.1 Å². The van der Waals surface area contributed by atoms with Crippen molar-refractivity contribution in [3.05, 3.63) is 64.7 Å². The lowest BCUT2D eigenvalue weighted by Gasteiger charge is -2.19. The van der Waals surface area contributed by atoms with E-state index < -0.39 is 0 Å². The van der Waals surface area contributed by atoms with Gasteiger partial charge in [0.25, 0.3) is 5.91 Å². The first-order valence-corrected chi connectivity index (χ1v) is 8.49. The molecule has 0 aliphatic carbocycles. The zero-order valence-corrected chi connectivity index (χ0v) is 13.8. The molecule has 1 amide bonds. The Balaban J connectivity index is 1.44. The van der Waals surface area contributed by atoms with Gasteiger partial charge in [-0.15, -0.1) is 0 Å². The van der Waals surface area contributed by atoms with Gasteiger partial charge in [-0.3, -0.25) is 4.79 Å². The average Bonchev–Trinajstić information content (AvgIpc) is 3.27. The molecule has 126 valence electrons. The van der Waals surface area contributed by atoms with Gasteiger partial charge in [0.2, 0.25) is 0 Å². The number of benzene rings is 2. The number of fused-ring (bicyclic) bond motifs is 1. The Morgan fingerprint density at radius 1 is 1.16 bits per heavy atom. The molecule has 5 heteroatoms.